The van der Waals surface area contributed by atoms with Gasteiger partial charge in [-0.1, -0.05) is 12.1 Å². The minimum atomic E-state index is 0.465. The van der Waals surface area contributed by atoms with E-state index in [0.29, 0.717) is 6.04 Å². The summed E-state index contributed by atoms with van der Waals surface area (Å²) >= 11 is 0. The second-order valence-corrected chi connectivity index (χ2v) is 5.90. The minimum Gasteiger partial charge on any atom is -0.314 e. The lowest BCUT2D eigenvalue weighted by Gasteiger charge is -2.25. The lowest BCUT2D eigenvalue weighted by Crippen LogP contribution is -2.37. The van der Waals surface area contributed by atoms with Crippen molar-refractivity contribution in [3.63, 3.8) is 0 Å². The fraction of sp³-hybridized carbons (Fsp3) is 0.375. The van der Waals surface area contributed by atoms with Gasteiger partial charge in [0.15, 0.2) is 0 Å². The highest BCUT2D eigenvalue weighted by Crippen LogP contribution is 2.15. The van der Waals surface area contributed by atoms with Crippen LogP contribution in [0.2, 0.25) is 0 Å². The molecule has 118 valence electrons. The van der Waals surface area contributed by atoms with Crippen LogP contribution in [0.4, 0.5) is 0 Å². The van der Waals surface area contributed by atoms with Crippen LogP contribution in [0.1, 0.15) is 23.6 Å². The molecule has 23 heavy (non-hydrogen) atoms. The van der Waals surface area contributed by atoms with Gasteiger partial charge in [0.1, 0.15) is 24.3 Å². The lowest BCUT2D eigenvalue weighted by atomic mass is 10.1. The quantitative estimate of drug-likeness (QED) is 0.786. The molecule has 1 atom stereocenters. The molecule has 0 saturated heterocycles. The third-order valence-corrected chi connectivity index (χ3v) is 4.35. The van der Waals surface area contributed by atoms with Crippen LogP contribution >= 0.6 is 0 Å². The van der Waals surface area contributed by atoms with E-state index in [0.717, 1.165) is 43.3 Å². The minimum absolute atomic E-state index is 0.465. The third kappa shape index (κ3) is 2.87. The molecule has 1 aliphatic rings. The fourth-order valence-electron chi connectivity index (χ4n) is 3.00. The van der Waals surface area contributed by atoms with E-state index in [2.05, 4.69) is 54.4 Å². The highest BCUT2D eigenvalue weighted by atomic mass is 15.3. The van der Waals surface area contributed by atoms with Gasteiger partial charge in [0.25, 0.3) is 0 Å². The number of aryl methyl sites for hydroxylation is 2. The summed E-state index contributed by atoms with van der Waals surface area (Å²) in [5, 5.41) is 16.1. The van der Waals surface area contributed by atoms with Crippen molar-refractivity contribution in [3.05, 3.63) is 54.1 Å². The summed E-state index contributed by atoms with van der Waals surface area (Å²) in [6.45, 7) is 3.83. The number of fused-ring (bicyclic) bond motifs is 1. The number of nitrogens with zero attached hydrogens (tertiary/aromatic N) is 6. The molecule has 0 bridgehead atoms. The van der Waals surface area contributed by atoms with Gasteiger partial charge in [-0.25, -0.2) is 9.67 Å². The number of benzene rings is 1. The van der Waals surface area contributed by atoms with Crippen LogP contribution in [0.15, 0.2) is 36.9 Å². The van der Waals surface area contributed by atoms with Gasteiger partial charge < -0.3 is 9.88 Å². The van der Waals surface area contributed by atoms with Crippen LogP contribution in [0.25, 0.3) is 5.69 Å². The Bertz CT molecular complexity index is 773. The Hall–Kier alpha value is -2.54. The Morgan fingerprint density at radius 3 is 2.87 bits per heavy atom. The predicted octanol–water partition coefficient (Wildman–Crippen LogP) is 1.27. The summed E-state index contributed by atoms with van der Waals surface area (Å²) in [4.78, 5) is 3.97. The van der Waals surface area contributed by atoms with Gasteiger partial charge >= 0.3 is 0 Å². The lowest BCUT2D eigenvalue weighted by molar-refractivity contribution is 0.375. The van der Waals surface area contributed by atoms with Crippen molar-refractivity contribution in [1.29, 1.82) is 0 Å². The van der Waals surface area contributed by atoms with E-state index in [-0.39, 0.29) is 0 Å². The number of hydrogen-bond acceptors (Lipinski definition) is 5. The average Bonchev–Trinajstić information content (AvgIpc) is 3.24. The first-order valence-corrected chi connectivity index (χ1v) is 7.85. The van der Waals surface area contributed by atoms with Crippen LogP contribution < -0.4 is 5.32 Å². The molecule has 0 radical (unpaired) electrons. The molecule has 1 N–H and O–H groups in total. The summed E-state index contributed by atoms with van der Waals surface area (Å²) in [6, 6.07) is 8.85. The molecule has 0 spiro atoms. The molecule has 2 aromatic heterocycles. The van der Waals surface area contributed by atoms with Gasteiger partial charge in [0, 0.05) is 25.6 Å². The smallest absolute Gasteiger partial charge is 0.138 e. The van der Waals surface area contributed by atoms with Crippen molar-refractivity contribution in [3.8, 4) is 5.69 Å². The second kappa shape index (κ2) is 5.92. The van der Waals surface area contributed by atoms with E-state index in [1.807, 2.05) is 6.92 Å². The normalized spacial score (nSPS) is 17.2. The zero-order valence-electron chi connectivity index (χ0n) is 13.1. The molecular weight excluding hydrogens is 290 g/mol. The molecule has 7 heteroatoms. The first kappa shape index (κ1) is 14.1. The van der Waals surface area contributed by atoms with Gasteiger partial charge in [0.05, 0.1) is 5.69 Å². The van der Waals surface area contributed by atoms with E-state index >= 15 is 0 Å². The summed E-state index contributed by atoms with van der Waals surface area (Å²) in [5.41, 5.74) is 2.29. The van der Waals surface area contributed by atoms with Crippen LogP contribution in [0.3, 0.4) is 0 Å². The molecule has 0 fully saturated rings. The Balaban J connectivity index is 1.37. The zero-order chi connectivity index (χ0) is 15.6. The van der Waals surface area contributed by atoms with Crippen molar-refractivity contribution < 1.29 is 0 Å². The molecule has 1 aromatic carbocycles. The Kier molecular flexibility index (Phi) is 3.63. The van der Waals surface area contributed by atoms with Crippen molar-refractivity contribution in [2.45, 2.75) is 38.9 Å². The first-order valence-electron chi connectivity index (χ1n) is 7.85. The zero-order valence-corrected chi connectivity index (χ0v) is 13.1. The van der Waals surface area contributed by atoms with E-state index in [1.165, 1.54) is 5.56 Å². The number of nitrogens with one attached hydrogen (secondary N) is 1. The second-order valence-electron chi connectivity index (χ2n) is 5.90. The average molecular weight is 309 g/mol. The SMILES string of the molecule is Cc1nnc2n1C[C@@H](NCc1ccc(-n3cncn3)cc1)CC2. The molecule has 0 saturated carbocycles. The molecule has 3 heterocycles. The van der Waals surface area contributed by atoms with Crippen molar-refractivity contribution in [2.75, 3.05) is 0 Å². The molecular formula is C16H19N7. The summed E-state index contributed by atoms with van der Waals surface area (Å²) in [7, 11) is 0. The Morgan fingerprint density at radius 1 is 1.22 bits per heavy atom. The molecule has 0 unspecified atom stereocenters. The van der Waals surface area contributed by atoms with Crippen LogP contribution in [-0.2, 0) is 19.5 Å². The number of rotatable bonds is 4. The van der Waals surface area contributed by atoms with Crippen molar-refractivity contribution in [1.82, 2.24) is 34.8 Å². The molecule has 0 amide bonds. The Labute approximate surface area is 134 Å². The molecule has 4 rings (SSSR count). The largest absolute Gasteiger partial charge is 0.314 e. The maximum Gasteiger partial charge on any atom is 0.138 e. The monoisotopic (exact) mass is 309 g/mol. The van der Waals surface area contributed by atoms with Gasteiger partial charge in [-0.2, -0.15) is 5.10 Å². The van der Waals surface area contributed by atoms with E-state index in [4.69, 9.17) is 0 Å². The van der Waals surface area contributed by atoms with Crippen LogP contribution in [0, 0.1) is 6.92 Å². The topological polar surface area (TPSA) is 73.5 Å². The highest BCUT2D eigenvalue weighted by molar-refractivity contribution is 5.33. The maximum absolute atomic E-state index is 4.21. The van der Waals surface area contributed by atoms with Crippen LogP contribution in [-0.4, -0.2) is 35.6 Å². The summed E-state index contributed by atoms with van der Waals surface area (Å²) in [6.07, 6.45) is 5.34. The van der Waals surface area contributed by atoms with E-state index in [1.54, 1.807) is 17.3 Å². The van der Waals surface area contributed by atoms with Gasteiger partial charge in [0.2, 0.25) is 0 Å². The standard InChI is InChI=1S/C16H19N7/c1-12-20-21-16-7-4-14(9-22(12)16)18-8-13-2-5-15(6-3-13)23-11-17-10-19-23/h2-3,5-6,10-11,14,18H,4,7-9H2,1H3/t14-/m0/s1. The molecule has 1 aliphatic heterocycles. The van der Waals surface area contributed by atoms with Gasteiger partial charge in [-0.3, -0.25) is 0 Å². The maximum atomic E-state index is 4.21. The van der Waals surface area contributed by atoms with Crippen molar-refractivity contribution >= 4 is 0 Å². The van der Waals surface area contributed by atoms with Crippen molar-refractivity contribution in [2.24, 2.45) is 0 Å². The fourth-order valence-corrected chi connectivity index (χ4v) is 3.00. The number of hydrogen-bond donors (Lipinski definition) is 1. The van der Waals surface area contributed by atoms with E-state index < -0.39 is 0 Å². The van der Waals surface area contributed by atoms with E-state index in [9.17, 15) is 0 Å². The first-order chi connectivity index (χ1) is 11.3. The molecule has 0 aliphatic carbocycles. The highest BCUT2D eigenvalue weighted by Gasteiger charge is 2.20. The molecule has 7 nitrogen and oxygen atoms in total. The van der Waals surface area contributed by atoms with Gasteiger partial charge in [-0.05, 0) is 31.0 Å². The third-order valence-electron chi connectivity index (χ3n) is 4.35. The van der Waals surface area contributed by atoms with Gasteiger partial charge in [-0.15, -0.1) is 10.2 Å². The summed E-state index contributed by atoms with van der Waals surface area (Å²) < 4.78 is 3.98. The Morgan fingerprint density at radius 2 is 2.09 bits per heavy atom. The molecule has 3 aromatic rings. The number of aromatic nitrogens is 6. The van der Waals surface area contributed by atoms with Crippen LogP contribution in [0.5, 0.6) is 0 Å². The predicted molar refractivity (Wildman–Crippen MR) is 85.1 cm³/mol. The summed E-state index contributed by atoms with van der Waals surface area (Å²) in [5.74, 6) is 2.11.